The standard InChI is InChI=1S/C17H17FN4O2/c1-7-4-5-11(23)8(2)14(7)22-15-10(18)6-21-9(3)12(15)13(16(22)19)17(20)24/h4-6,23H,19H2,1-3H3,(H2,20,24). The second-order valence-corrected chi connectivity index (χ2v) is 5.75. The van der Waals surface area contributed by atoms with Crippen LogP contribution in [0.15, 0.2) is 18.3 Å². The third kappa shape index (κ3) is 2.01. The molecule has 1 amide bonds. The third-order valence-electron chi connectivity index (χ3n) is 4.24. The van der Waals surface area contributed by atoms with Gasteiger partial charge in [-0.15, -0.1) is 0 Å². The summed E-state index contributed by atoms with van der Waals surface area (Å²) in [6, 6.07) is 3.24. The minimum absolute atomic E-state index is 0.0179. The van der Waals surface area contributed by atoms with Crippen LogP contribution in [0.4, 0.5) is 10.2 Å². The highest BCUT2D eigenvalue weighted by atomic mass is 19.1. The van der Waals surface area contributed by atoms with Crippen LogP contribution in [-0.4, -0.2) is 20.6 Å². The number of fused-ring (bicyclic) bond motifs is 1. The zero-order chi connectivity index (χ0) is 17.8. The molecular formula is C17H17FN4O2. The average molecular weight is 328 g/mol. The molecule has 2 aromatic heterocycles. The van der Waals surface area contributed by atoms with Gasteiger partial charge < -0.3 is 16.6 Å². The second kappa shape index (κ2) is 5.23. The van der Waals surface area contributed by atoms with E-state index in [9.17, 15) is 14.3 Å². The van der Waals surface area contributed by atoms with Crippen molar-refractivity contribution < 1.29 is 14.3 Å². The Morgan fingerprint density at radius 1 is 1.29 bits per heavy atom. The van der Waals surface area contributed by atoms with E-state index in [1.165, 1.54) is 4.57 Å². The largest absolute Gasteiger partial charge is 0.508 e. The Labute approximate surface area is 137 Å². The molecule has 0 aliphatic rings. The molecule has 0 aliphatic carbocycles. The molecule has 2 heterocycles. The fourth-order valence-electron chi connectivity index (χ4n) is 3.10. The minimum Gasteiger partial charge on any atom is -0.508 e. The molecular weight excluding hydrogens is 311 g/mol. The van der Waals surface area contributed by atoms with Crippen LogP contribution in [0, 0.1) is 26.6 Å². The summed E-state index contributed by atoms with van der Waals surface area (Å²) in [7, 11) is 0. The number of rotatable bonds is 2. The number of nitrogens with two attached hydrogens (primary N) is 2. The molecule has 7 heteroatoms. The number of nitrogen functional groups attached to an aromatic ring is 1. The van der Waals surface area contributed by atoms with Crippen molar-refractivity contribution in [1.82, 2.24) is 9.55 Å². The Kier molecular flexibility index (Phi) is 3.44. The number of carbonyl (C=O) groups excluding carboxylic acids is 1. The number of phenols is 1. The molecule has 0 spiro atoms. The van der Waals surface area contributed by atoms with E-state index >= 15 is 0 Å². The number of nitrogens with zero attached hydrogens (tertiary/aromatic N) is 2. The summed E-state index contributed by atoms with van der Waals surface area (Å²) in [6.07, 6.45) is 1.08. The number of amides is 1. The van der Waals surface area contributed by atoms with Crippen LogP contribution in [0.5, 0.6) is 5.75 Å². The van der Waals surface area contributed by atoms with E-state index < -0.39 is 11.7 Å². The van der Waals surface area contributed by atoms with E-state index in [1.54, 1.807) is 26.0 Å². The van der Waals surface area contributed by atoms with E-state index in [4.69, 9.17) is 11.5 Å². The highest BCUT2D eigenvalue weighted by molar-refractivity contribution is 6.12. The number of aromatic nitrogens is 2. The third-order valence-corrected chi connectivity index (χ3v) is 4.24. The van der Waals surface area contributed by atoms with Gasteiger partial charge in [0, 0.05) is 16.6 Å². The number of hydrogen-bond donors (Lipinski definition) is 3. The zero-order valence-corrected chi connectivity index (χ0v) is 13.5. The number of aromatic hydroxyl groups is 1. The topological polar surface area (TPSA) is 107 Å². The van der Waals surface area contributed by atoms with Gasteiger partial charge in [-0.2, -0.15) is 0 Å². The van der Waals surface area contributed by atoms with E-state index in [0.29, 0.717) is 16.9 Å². The molecule has 0 saturated heterocycles. The predicted molar refractivity (Wildman–Crippen MR) is 89.8 cm³/mol. The lowest BCUT2D eigenvalue weighted by Gasteiger charge is -2.16. The number of phenolic OH excluding ortho intramolecular Hbond substituents is 1. The molecule has 0 aliphatic heterocycles. The molecule has 124 valence electrons. The van der Waals surface area contributed by atoms with Crippen LogP contribution in [0.3, 0.4) is 0 Å². The number of anilines is 1. The molecule has 3 rings (SSSR count). The number of aryl methyl sites for hydroxylation is 2. The molecule has 24 heavy (non-hydrogen) atoms. The Bertz CT molecular complexity index is 1010. The summed E-state index contributed by atoms with van der Waals surface area (Å²) in [5.41, 5.74) is 14.0. The van der Waals surface area contributed by atoms with Crippen molar-refractivity contribution >= 4 is 22.6 Å². The van der Waals surface area contributed by atoms with Crippen molar-refractivity contribution in [1.29, 1.82) is 0 Å². The first-order valence-corrected chi connectivity index (χ1v) is 7.30. The fraction of sp³-hybridized carbons (Fsp3) is 0.176. The van der Waals surface area contributed by atoms with Crippen LogP contribution < -0.4 is 11.5 Å². The smallest absolute Gasteiger partial charge is 0.253 e. The Balaban J connectivity index is 2.61. The molecule has 0 radical (unpaired) electrons. The lowest BCUT2D eigenvalue weighted by atomic mass is 10.1. The maximum Gasteiger partial charge on any atom is 0.253 e. The average Bonchev–Trinajstić information content (AvgIpc) is 2.82. The molecule has 0 atom stereocenters. The van der Waals surface area contributed by atoms with Crippen LogP contribution in [0.1, 0.15) is 27.2 Å². The fourth-order valence-corrected chi connectivity index (χ4v) is 3.10. The van der Waals surface area contributed by atoms with Crippen molar-refractivity contribution in [3.05, 3.63) is 46.5 Å². The number of pyridine rings is 1. The highest BCUT2D eigenvalue weighted by Gasteiger charge is 2.26. The molecule has 6 nitrogen and oxygen atoms in total. The van der Waals surface area contributed by atoms with E-state index in [0.717, 1.165) is 11.8 Å². The summed E-state index contributed by atoms with van der Waals surface area (Å²) in [4.78, 5) is 15.9. The van der Waals surface area contributed by atoms with Crippen LogP contribution in [0.2, 0.25) is 0 Å². The van der Waals surface area contributed by atoms with Gasteiger partial charge in [-0.25, -0.2) is 4.39 Å². The first-order valence-electron chi connectivity index (χ1n) is 7.30. The predicted octanol–water partition coefficient (Wildman–Crippen LogP) is 2.48. The molecule has 0 fully saturated rings. The van der Waals surface area contributed by atoms with Crippen LogP contribution in [-0.2, 0) is 0 Å². The van der Waals surface area contributed by atoms with Crippen molar-refractivity contribution in [2.45, 2.75) is 20.8 Å². The quantitative estimate of drug-likeness (QED) is 0.671. The Hall–Kier alpha value is -3.09. The lowest BCUT2D eigenvalue weighted by Crippen LogP contribution is -2.14. The van der Waals surface area contributed by atoms with E-state index in [1.807, 2.05) is 6.92 Å². The summed E-state index contributed by atoms with van der Waals surface area (Å²) >= 11 is 0. The number of hydrogen-bond acceptors (Lipinski definition) is 4. The Morgan fingerprint density at radius 3 is 2.58 bits per heavy atom. The summed E-state index contributed by atoms with van der Waals surface area (Å²) in [5.74, 6) is -1.33. The van der Waals surface area contributed by atoms with E-state index in [-0.39, 0.29) is 28.0 Å². The minimum atomic E-state index is -0.762. The molecule has 0 saturated carbocycles. The zero-order valence-electron chi connectivity index (χ0n) is 13.5. The summed E-state index contributed by atoms with van der Waals surface area (Å²) in [5, 5.41) is 10.3. The van der Waals surface area contributed by atoms with Gasteiger partial charge in [-0.05, 0) is 32.4 Å². The lowest BCUT2D eigenvalue weighted by molar-refractivity contribution is 0.100. The van der Waals surface area contributed by atoms with Crippen molar-refractivity contribution in [2.75, 3.05) is 5.73 Å². The van der Waals surface area contributed by atoms with Crippen molar-refractivity contribution in [3.8, 4) is 11.4 Å². The van der Waals surface area contributed by atoms with Gasteiger partial charge in [0.1, 0.15) is 11.6 Å². The first-order chi connectivity index (χ1) is 11.3. The summed E-state index contributed by atoms with van der Waals surface area (Å²) < 4.78 is 16.0. The molecule has 0 unspecified atom stereocenters. The van der Waals surface area contributed by atoms with Crippen LogP contribution in [0.25, 0.3) is 16.6 Å². The normalized spacial score (nSPS) is 11.2. The molecule has 1 aromatic carbocycles. The highest BCUT2D eigenvalue weighted by Crippen LogP contribution is 2.37. The molecule has 0 bridgehead atoms. The second-order valence-electron chi connectivity index (χ2n) is 5.75. The van der Waals surface area contributed by atoms with Gasteiger partial charge in [-0.3, -0.25) is 14.3 Å². The number of benzene rings is 1. The first kappa shape index (κ1) is 15.8. The number of primary amides is 1. The van der Waals surface area contributed by atoms with Gasteiger partial charge >= 0.3 is 0 Å². The maximum absolute atomic E-state index is 14.6. The van der Waals surface area contributed by atoms with Crippen molar-refractivity contribution in [3.63, 3.8) is 0 Å². The molecule has 3 aromatic rings. The monoisotopic (exact) mass is 328 g/mol. The van der Waals surface area contributed by atoms with Gasteiger partial charge in [0.25, 0.3) is 5.91 Å². The van der Waals surface area contributed by atoms with Gasteiger partial charge in [0.05, 0.1) is 23.0 Å². The van der Waals surface area contributed by atoms with Crippen LogP contribution >= 0.6 is 0 Å². The van der Waals surface area contributed by atoms with Crippen molar-refractivity contribution in [2.24, 2.45) is 5.73 Å². The summed E-state index contributed by atoms with van der Waals surface area (Å²) in [6.45, 7) is 5.15. The van der Waals surface area contributed by atoms with Gasteiger partial charge in [-0.1, -0.05) is 6.07 Å². The number of carbonyl (C=O) groups is 1. The Morgan fingerprint density at radius 2 is 1.96 bits per heavy atom. The number of halogens is 1. The van der Waals surface area contributed by atoms with E-state index in [2.05, 4.69) is 4.98 Å². The van der Waals surface area contributed by atoms with Gasteiger partial charge in [0.15, 0.2) is 5.82 Å². The molecule has 5 N–H and O–H groups in total. The maximum atomic E-state index is 14.6. The SMILES string of the molecule is Cc1ccc(O)c(C)c1-n1c(N)c(C(N)=O)c2c(C)ncc(F)c21. The van der Waals surface area contributed by atoms with Gasteiger partial charge in [0.2, 0.25) is 0 Å².